The van der Waals surface area contributed by atoms with E-state index in [1.54, 1.807) is 0 Å². The highest BCUT2D eigenvalue weighted by Crippen LogP contribution is 2.17. The van der Waals surface area contributed by atoms with E-state index in [2.05, 4.69) is 5.32 Å². The minimum Gasteiger partial charge on any atom is -0.352 e. The molecule has 98 valence electrons. The number of amides is 1. The molecule has 1 N–H and O–H groups in total. The fourth-order valence-corrected chi connectivity index (χ4v) is 2.23. The molecule has 1 heterocycles. The van der Waals surface area contributed by atoms with Gasteiger partial charge >= 0.3 is 5.69 Å². The lowest BCUT2D eigenvalue weighted by molar-refractivity contribution is -0.122. The van der Waals surface area contributed by atoms with Crippen LogP contribution in [0.3, 0.4) is 0 Å². The zero-order chi connectivity index (χ0) is 13.1. The zero-order valence-electron chi connectivity index (χ0n) is 10.4. The van der Waals surface area contributed by atoms with Crippen LogP contribution in [0.1, 0.15) is 25.7 Å². The minimum absolute atomic E-state index is 0.0382. The van der Waals surface area contributed by atoms with Gasteiger partial charge in [-0.2, -0.15) is 0 Å². The van der Waals surface area contributed by atoms with Crippen molar-refractivity contribution in [1.82, 2.24) is 14.5 Å². The lowest BCUT2D eigenvalue weighted by atomic mass is 10.2. The fraction of sp³-hybridized carbons (Fsp3) is 0.583. The van der Waals surface area contributed by atoms with Crippen molar-refractivity contribution < 1.29 is 4.79 Å². The van der Waals surface area contributed by atoms with Gasteiger partial charge in [-0.3, -0.25) is 18.7 Å². The Morgan fingerprint density at radius 1 is 1.39 bits per heavy atom. The molecule has 6 nitrogen and oxygen atoms in total. The summed E-state index contributed by atoms with van der Waals surface area (Å²) in [7, 11) is 1.40. The van der Waals surface area contributed by atoms with E-state index in [-0.39, 0.29) is 24.1 Å². The van der Waals surface area contributed by atoms with E-state index < -0.39 is 5.69 Å². The molecule has 0 aromatic carbocycles. The third-order valence-corrected chi connectivity index (χ3v) is 3.29. The van der Waals surface area contributed by atoms with Crippen LogP contribution in [-0.4, -0.2) is 21.1 Å². The summed E-state index contributed by atoms with van der Waals surface area (Å²) in [6.45, 7) is -0.0382. The van der Waals surface area contributed by atoms with Gasteiger partial charge in [0.1, 0.15) is 6.54 Å². The molecule has 0 atom stereocenters. The second-order valence-corrected chi connectivity index (χ2v) is 4.67. The van der Waals surface area contributed by atoms with Gasteiger partial charge in [0, 0.05) is 25.4 Å². The van der Waals surface area contributed by atoms with Crippen LogP contribution in [-0.2, 0) is 18.4 Å². The highest BCUT2D eigenvalue weighted by atomic mass is 16.2. The summed E-state index contributed by atoms with van der Waals surface area (Å²) in [6, 6.07) is 1.52. The first-order valence-corrected chi connectivity index (χ1v) is 6.14. The van der Waals surface area contributed by atoms with Gasteiger partial charge in [0.15, 0.2) is 0 Å². The average Bonchev–Trinajstić information content (AvgIpc) is 2.83. The first-order chi connectivity index (χ1) is 8.58. The quantitative estimate of drug-likeness (QED) is 0.795. The van der Waals surface area contributed by atoms with E-state index in [1.807, 2.05) is 0 Å². The van der Waals surface area contributed by atoms with Crippen LogP contribution in [0, 0.1) is 0 Å². The summed E-state index contributed by atoms with van der Waals surface area (Å²) in [6.07, 6.45) is 5.66. The largest absolute Gasteiger partial charge is 0.352 e. The summed E-state index contributed by atoms with van der Waals surface area (Å²) in [5, 5.41) is 2.90. The van der Waals surface area contributed by atoms with Gasteiger partial charge in [0.2, 0.25) is 5.91 Å². The number of carbonyl (C=O) groups excluding carboxylic acids is 1. The number of rotatable bonds is 3. The second-order valence-electron chi connectivity index (χ2n) is 4.67. The molecule has 6 heteroatoms. The van der Waals surface area contributed by atoms with Crippen molar-refractivity contribution in [3.8, 4) is 0 Å². The molecule has 0 aliphatic heterocycles. The summed E-state index contributed by atoms with van der Waals surface area (Å²) in [5.74, 6) is -0.178. The van der Waals surface area contributed by atoms with Crippen LogP contribution in [0.25, 0.3) is 0 Å². The third kappa shape index (κ3) is 2.69. The predicted octanol–water partition coefficient (Wildman–Crippen LogP) is -0.394. The molecule has 1 saturated carbocycles. The Morgan fingerprint density at radius 3 is 2.72 bits per heavy atom. The molecule has 0 spiro atoms. The number of carbonyl (C=O) groups is 1. The molecular formula is C12H17N3O3. The summed E-state index contributed by atoms with van der Waals surface area (Å²) in [5.41, 5.74) is -0.837. The van der Waals surface area contributed by atoms with Crippen molar-refractivity contribution in [3.63, 3.8) is 0 Å². The van der Waals surface area contributed by atoms with Crippen molar-refractivity contribution in [2.45, 2.75) is 38.3 Å². The number of nitrogens with zero attached hydrogens (tertiary/aromatic N) is 2. The molecule has 0 radical (unpaired) electrons. The molecule has 2 rings (SSSR count). The maximum absolute atomic E-state index is 11.8. The van der Waals surface area contributed by atoms with Crippen LogP contribution in [0.5, 0.6) is 0 Å². The summed E-state index contributed by atoms with van der Waals surface area (Å²) in [4.78, 5) is 34.7. The molecule has 0 saturated heterocycles. The van der Waals surface area contributed by atoms with Gasteiger partial charge in [-0.25, -0.2) is 4.79 Å². The normalized spacial score (nSPS) is 15.8. The molecule has 0 unspecified atom stereocenters. The minimum atomic E-state index is -0.468. The Balaban J connectivity index is 2.05. The Hall–Kier alpha value is -1.85. The topological polar surface area (TPSA) is 73.1 Å². The van der Waals surface area contributed by atoms with E-state index in [9.17, 15) is 14.4 Å². The van der Waals surface area contributed by atoms with Gasteiger partial charge in [-0.05, 0) is 12.8 Å². The molecule has 1 aromatic heterocycles. The molecule has 0 bridgehead atoms. The molecule has 1 amide bonds. The molecule has 1 aromatic rings. The maximum atomic E-state index is 11.8. The zero-order valence-corrected chi connectivity index (χ0v) is 10.4. The molecule has 1 fully saturated rings. The van der Waals surface area contributed by atoms with Crippen LogP contribution >= 0.6 is 0 Å². The van der Waals surface area contributed by atoms with Crippen molar-refractivity contribution in [2.75, 3.05) is 0 Å². The molecule has 1 aliphatic rings. The first kappa shape index (κ1) is 12.6. The fourth-order valence-electron chi connectivity index (χ4n) is 2.23. The van der Waals surface area contributed by atoms with E-state index in [0.29, 0.717) is 0 Å². The number of hydrogen-bond donors (Lipinski definition) is 1. The molecule has 1 aliphatic carbocycles. The van der Waals surface area contributed by atoms with Gasteiger partial charge in [0.25, 0.3) is 5.56 Å². The third-order valence-electron chi connectivity index (χ3n) is 3.29. The van der Waals surface area contributed by atoms with Gasteiger partial charge in [0.05, 0.1) is 0 Å². The molecular weight excluding hydrogens is 234 g/mol. The lowest BCUT2D eigenvalue weighted by Gasteiger charge is -2.12. The number of nitrogens with one attached hydrogen (secondary N) is 1. The number of aromatic nitrogens is 2. The lowest BCUT2D eigenvalue weighted by Crippen LogP contribution is -2.42. The van der Waals surface area contributed by atoms with Gasteiger partial charge in [-0.1, -0.05) is 12.8 Å². The summed E-state index contributed by atoms with van der Waals surface area (Å²) < 4.78 is 2.23. The SMILES string of the molecule is Cn1c(=O)ccn(CC(=O)NC2CCCC2)c1=O. The van der Waals surface area contributed by atoms with Gasteiger partial charge in [-0.15, -0.1) is 0 Å². The van der Waals surface area contributed by atoms with Crippen LogP contribution < -0.4 is 16.6 Å². The van der Waals surface area contributed by atoms with Crippen molar-refractivity contribution >= 4 is 5.91 Å². The van der Waals surface area contributed by atoms with E-state index >= 15 is 0 Å². The first-order valence-electron chi connectivity index (χ1n) is 6.14. The van der Waals surface area contributed by atoms with Gasteiger partial charge < -0.3 is 5.32 Å². The Kier molecular flexibility index (Phi) is 3.64. The van der Waals surface area contributed by atoms with Crippen molar-refractivity contribution in [3.05, 3.63) is 33.1 Å². The molecule has 18 heavy (non-hydrogen) atoms. The predicted molar refractivity (Wildman–Crippen MR) is 66.3 cm³/mol. The Bertz CT molecular complexity index is 552. The highest BCUT2D eigenvalue weighted by Gasteiger charge is 2.17. The Morgan fingerprint density at radius 2 is 2.06 bits per heavy atom. The van der Waals surface area contributed by atoms with Crippen LogP contribution in [0.4, 0.5) is 0 Å². The van der Waals surface area contributed by atoms with Crippen LogP contribution in [0.15, 0.2) is 21.9 Å². The van der Waals surface area contributed by atoms with Crippen molar-refractivity contribution in [2.24, 2.45) is 7.05 Å². The standard InChI is InChI=1S/C12H17N3O3/c1-14-11(17)6-7-15(12(14)18)8-10(16)13-9-4-2-3-5-9/h6-7,9H,2-5,8H2,1H3,(H,13,16). The van der Waals surface area contributed by atoms with E-state index in [4.69, 9.17) is 0 Å². The van der Waals surface area contributed by atoms with Crippen molar-refractivity contribution in [1.29, 1.82) is 0 Å². The van der Waals surface area contributed by atoms with E-state index in [1.165, 1.54) is 23.9 Å². The number of hydrogen-bond acceptors (Lipinski definition) is 3. The van der Waals surface area contributed by atoms with Crippen LogP contribution in [0.2, 0.25) is 0 Å². The average molecular weight is 251 g/mol. The Labute approximate surface area is 104 Å². The monoisotopic (exact) mass is 251 g/mol. The second kappa shape index (κ2) is 5.20. The summed E-state index contributed by atoms with van der Waals surface area (Å²) >= 11 is 0. The maximum Gasteiger partial charge on any atom is 0.331 e. The highest BCUT2D eigenvalue weighted by molar-refractivity contribution is 5.76. The smallest absolute Gasteiger partial charge is 0.331 e. The van der Waals surface area contributed by atoms with E-state index in [0.717, 1.165) is 30.3 Å².